The maximum atomic E-state index is 11.2. The molecular formula is C14H17ClN2O2. The second kappa shape index (κ2) is 5.94. The summed E-state index contributed by atoms with van der Waals surface area (Å²) in [4.78, 5) is 12.6. The van der Waals surface area contributed by atoms with Gasteiger partial charge >= 0.3 is 6.09 Å². The summed E-state index contributed by atoms with van der Waals surface area (Å²) >= 11 is 6.07. The minimum absolute atomic E-state index is 0.366. The SMILES string of the molecule is CC(C)(C)N(CCc1ccc(C#N)cc1Cl)C(=O)O. The molecule has 0 saturated heterocycles. The number of benzene rings is 1. The van der Waals surface area contributed by atoms with Crippen molar-refractivity contribution in [2.45, 2.75) is 32.7 Å². The molecule has 0 aliphatic rings. The Balaban J connectivity index is 2.81. The molecule has 1 N–H and O–H groups in total. The summed E-state index contributed by atoms with van der Waals surface area (Å²) in [5, 5.41) is 18.4. The molecule has 0 spiro atoms. The maximum absolute atomic E-state index is 11.2. The van der Waals surface area contributed by atoms with E-state index in [1.54, 1.807) is 18.2 Å². The summed E-state index contributed by atoms with van der Waals surface area (Å²) in [6.45, 7) is 5.91. The van der Waals surface area contributed by atoms with E-state index in [0.29, 0.717) is 23.6 Å². The zero-order valence-corrected chi connectivity index (χ0v) is 12.0. The molecule has 0 bridgehead atoms. The van der Waals surface area contributed by atoms with Gasteiger partial charge in [0.2, 0.25) is 0 Å². The van der Waals surface area contributed by atoms with Gasteiger partial charge in [-0.2, -0.15) is 5.26 Å². The van der Waals surface area contributed by atoms with E-state index in [-0.39, 0.29) is 0 Å². The first-order valence-electron chi connectivity index (χ1n) is 5.95. The largest absolute Gasteiger partial charge is 0.465 e. The number of hydrogen-bond donors (Lipinski definition) is 1. The van der Waals surface area contributed by atoms with Crippen molar-refractivity contribution in [3.63, 3.8) is 0 Å². The van der Waals surface area contributed by atoms with E-state index in [2.05, 4.69) is 0 Å². The molecule has 0 unspecified atom stereocenters. The van der Waals surface area contributed by atoms with Crippen LogP contribution in [-0.2, 0) is 6.42 Å². The van der Waals surface area contributed by atoms with Gasteiger partial charge in [-0.15, -0.1) is 0 Å². The van der Waals surface area contributed by atoms with Crippen LogP contribution in [0.3, 0.4) is 0 Å². The van der Waals surface area contributed by atoms with Gasteiger partial charge in [0.25, 0.3) is 0 Å². The van der Waals surface area contributed by atoms with Gasteiger partial charge < -0.3 is 10.0 Å². The van der Waals surface area contributed by atoms with E-state index in [1.165, 1.54) is 4.90 Å². The van der Waals surface area contributed by atoms with Gasteiger partial charge in [-0.05, 0) is 44.9 Å². The average Bonchev–Trinajstić information content (AvgIpc) is 2.28. The fourth-order valence-electron chi connectivity index (χ4n) is 1.77. The van der Waals surface area contributed by atoms with Crippen LogP contribution in [0.2, 0.25) is 5.02 Å². The number of rotatable bonds is 3. The molecule has 0 heterocycles. The molecule has 1 aromatic rings. The van der Waals surface area contributed by atoms with Gasteiger partial charge in [-0.25, -0.2) is 4.79 Å². The van der Waals surface area contributed by atoms with Gasteiger partial charge in [0.1, 0.15) is 0 Å². The Labute approximate surface area is 118 Å². The lowest BCUT2D eigenvalue weighted by molar-refractivity contribution is 0.101. The van der Waals surface area contributed by atoms with Gasteiger partial charge in [0.15, 0.2) is 0 Å². The summed E-state index contributed by atoms with van der Waals surface area (Å²) in [5.74, 6) is 0. The molecule has 0 atom stereocenters. The zero-order chi connectivity index (χ0) is 14.6. The predicted molar refractivity (Wildman–Crippen MR) is 74.4 cm³/mol. The Kier molecular flexibility index (Phi) is 4.79. The third-order valence-corrected chi connectivity index (χ3v) is 3.18. The predicted octanol–water partition coefficient (Wildman–Crippen LogP) is 3.53. The molecular weight excluding hydrogens is 264 g/mol. The molecule has 5 heteroatoms. The van der Waals surface area contributed by atoms with Crippen LogP contribution in [-0.4, -0.2) is 28.2 Å². The molecule has 0 fully saturated rings. The van der Waals surface area contributed by atoms with Gasteiger partial charge in [0.05, 0.1) is 11.6 Å². The van der Waals surface area contributed by atoms with Gasteiger partial charge in [-0.1, -0.05) is 17.7 Å². The highest BCUT2D eigenvalue weighted by molar-refractivity contribution is 6.31. The summed E-state index contributed by atoms with van der Waals surface area (Å²) in [5.41, 5.74) is 0.890. The fourth-order valence-corrected chi connectivity index (χ4v) is 2.04. The molecule has 0 radical (unpaired) electrons. The second-order valence-electron chi connectivity index (χ2n) is 5.27. The van der Waals surface area contributed by atoms with Crippen LogP contribution >= 0.6 is 11.6 Å². The Bertz CT molecular complexity index is 515. The number of carbonyl (C=O) groups is 1. The Morgan fingerprint density at radius 3 is 2.53 bits per heavy atom. The lowest BCUT2D eigenvalue weighted by Crippen LogP contribution is -2.45. The highest BCUT2D eigenvalue weighted by Crippen LogP contribution is 2.20. The molecule has 102 valence electrons. The topological polar surface area (TPSA) is 64.3 Å². The van der Waals surface area contributed by atoms with Crippen molar-refractivity contribution in [1.82, 2.24) is 4.90 Å². The molecule has 1 rings (SSSR count). The quantitative estimate of drug-likeness (QED) is 0.921. The van der Waals surface area contributed by atoms with E-state index < -0.39 is 11.6 Å². The van der Waals surface area contributed by atoms with Crippen molar-refractivity contribution < 1.29 is 9.90 Å². The van der Waals surface area contributed by atoms with Crippen molar-refractivity contribution in [1.29, 1.82) is 5.26 Å². The lowest BCUT2D eigenvalue weighted by Gasteiger charge is -2.33. The highest BCUT2D eigenvalue weighted by Gasteiger charge is 2.25. The standard InChI is InChI=1S/C14H17ClN2O2/c1-14(2,3)17(13(18)19)7-6-11-5-4-10(9-16)8-12(11)15/h4-5,8H,6-7H2,1-3H3,(H,18,19). The molecule has 1 amide bonds. The van der Waals surface area contributed by atoms with Gasteiger partial charge in [0, 0.05) is 17.1 Å². The molecule has 0 aliphatic carbocycles. The molecule has 4 nitrogen and oxygen atoms in total. The number of nitrogens with zero attached hydrogens (tertiary/aromatic N) is 2. The smallest absolute Gasteiger partial charge is 0.407 e. The van der Waals surface area contributed by atoms with Crippen molar-refractivity contribution in [3.8, 4) is 6.07 Å². The van der Waals surface area contributed by atoms with Crippen molar-refractivity contribution >= 4 is 17.7 Å². The monoisotopic (exact) mass is 280 g/mol. The first-order valence-corrected chi connectivity index (χ1v) is 6.32. The van der Waals surface area contributed by atoms with E-state index in [0.717, 1.165) is 5.56 Å². The van der Waals surface area contributed by atoms with E-state index in [1.807, 2.05) is 26.8 Å². The van der Waals surface area contributed by atoms with E-state index in [9.17, 15) is 9.90 Å². The zero-order valence-electron chi connectivity index (χ0n) is 11.3. The average molecular weight is 281 g/mol. The van der Waals surface area contributed by atoms with Crippen molar-refractivity contribution in [3.05, 3.63) is 34.3 Å². The summed E-state index contributed by atoms with van der Waals surface area (Å²) < 4.78 is 0. The third-order valence-electron chi connectivity index (χ3n) is 2.83. The third kappa shape index (κ3) is 4.15. The van der Waals surface area contributed by atoms with Crippen LogP contribution in [0.25, 0.3) is 0 Å². The Morgan fingerprint density at radius 1 is 1.47 bits per heavy atom. The van der Waals surface area contributed by atoms with Crippen LogP contribution in [0.5, 0.6) is 0 Å². The molecule has 19 heavy (non-hydrogen) atoms. The first-order chi connectivity index (χ1) is 8.75. The summed E-state index contributed by atoms with van der Waals surface area (Å²) in [6, 6.07) is 7.06. The van der Waals surface area contributed by atoms with Crippen molar-refractivity contribution in [2.75, 3.05) is 6.54 Å². The molecule has 0 aliphatic heterocycles. The number of amides is 1. The highest BCUT2D eigenvalue weighted by atomic mass is 35.5. The van der Waals surface area contributed by atoms with E-state index in [4.69, 9.17) is 16.9 Å². The van der Waals surface area contributed by atoms with Crippen LogP contribution < -0.4 is 0 Å². The second-order valence-corrected chi connectivity index (χ2v) is 5.68. The minimum Gasteiger partial charge on any atom is -0.465 e. The fraction of sp³-hybridized carbons (Fsp3) is 0.429. The normalized spacial score (nSPS) is 10.9. The van der Waals surface area contributed by atoms with E-state index >= 15 is 0 Å². The maximum Gasteiger partial charge on any atom is 0.407 e. The summed E-state index contributed by atoms with van der Waals surface area (Å²) in [7, 11) is 0. The number of halogens is 1. The van der Waals surface area contributed by atoms with Crippen LogP contribution in [0.1, 0.15) is 31.9 Å². The molecule has 0 aromatic heterocycles. The number of carboxylic acid groups (broad SMARTS) is 1. The Morgan fingerprint density at radius 2 is 2.11 bits per heavy atom. The van der Waals surface area contributed by atoms with Gasteiger partial charge in [-0.3, -0.25) is 0 Å². The number of hydrogen-bond acceptors (Lipinski definition) is 2. The lowest BCUT2D eigenvalue weighted by atomic mass is 10.0. The summed E-state index contributed by atoms with van der Waals surface area (Å²) in [6.07, 6.45) is -0.425. The van der Waals surface area contributed by atoms with Crippen LogP contribution in [0.15, 0.2) is 18.2 Å². The first kappa shape index (κ1) is 15.3. The van der Waals surface area contributed by atoms with Crippen molar-refractivity contribution in [2.24, 2.45) is 0 Å². The van der Waals surface area contributed by atoms with Crippen LogP contribution in [0.4, 0.5) is 4.79 Å². The van der Waals surface area contributed by atoms with Crippen LogP contribution in [0, 0.1) is 11.3 Å². The molecule has 0 saturated carbocycles. The number of nitriles is 1. The Hall–Kier alpha value is -1.73. The minimum atomic E-state index is -0.947. The molecule has 1 aromatic carbocycles.